The highest BCUT2D eigenvalue weighted by Gasteiger charge is 2.24. The van der Waals surface area contributed by atoms with Gasteiger partial charge in [-0.2, -0.15) is 10.2 Å². The van der Waals surface area contributed by atoms with Gasteiger partial charge in [0.25, 0.3) is 0 Å². The van der Waals surface area contributed by atoms with Gasteiger partial charge in [0.1, 0.15) is 34.2 Å². The van der Waals surface area contributed by atoms with Crippen LogP contribution in [0.3, 0.4) is 0 Å². The molecular weight excluding hydrogens is 827 g/mol. The van der Waals surface area contributed by atoms with Crippen LogP contribution in [0.4, 0.5) is 0 Å². The summed E-state index contributed by atoms with van der Waals surface area (Å²) in [5, 5.41) is 12.5. The van der Waals surface area contributed by atoms with Crippen LogP contribution in [-0.4, -0.2) is 112 Å². The van der Waals surface area contributed by atoms with Gasteiger partial charge >= 0.3 is 0 Å². The molecule has 0 saturated carbocycles. The molecule has 6 aromatic heterocycles. The Hall–Kier alpha value is -6.92. The van der Waals surface area contributed by atoms with E-state index >= 15 is 0 Å². The van der Waals surface area contributed by atoms with Crippen LogP contribution in [-0.2, 0) is 30.9 Å². The number of ether oxygens (including phenoxy) is 3. The van der Waals surface area contributed by atoms with E-state index in [1.165, 1.54) is 0 Å². The molecule has 1 fully saturated rings. The number of nitrogens with zero attached hydrogens (tertiary/aromatic N) is 11. The van der Waals surface area contributed by atoms with Crippen LogP contribution in [0.5, 0.6) is 11.5 Å². The summed E-state index contributed by atoms with van der Waals surface area (Å²) in [4.78, 5) is 47.5. The van der Waals surface area contributed by atoms with E-state index in [1.807, 2.05) is 67.7 Å². The van der Waals surface area contributed by atoms with E-state index in [1.54, 1.807) is 25.3 Å². The fraction of sp³-hybridized carbons (Fsp3) is 0.404. The molecule has 0 spiro atoms. The molecule has 18 heteroatoms. The minimum atomic E-state index is -0.549. The Morgan fingerprint density at radius 2 is 1.17 bits per heavy atom. The first-order chi connectivity index (χ1) is 31.6. The molecule has 0 atom stereocenters. The summed E-state index contributed by atoms with van der Waals surface area (Å²) < 4.78 is 26.2. The molecule has 338 valence electrons. The van der Waals surface area contributed by atoms with E-state index in [-0.39, 0.29) is 0 Å². The van der Waals surface area contributed by atoms with Gasteiger partial charge in [0, 0.05) is 90.9 Å². The largest absolute Gasteiger partial charge is 0.495 e. The number of primary amides is 2. The lowest BCUT2D eigenvalue weighted by molar-refractivity contribution is 0.0358. The number of nitrogens with two attached hydrogens (primary N) is 2. The van der Waals surface area contributed by atoms with Crippen LogP contribution in [0, 0.1) is 13.8 Å². The van der Waals surface area contributed by atoms with Crippen molar-refractivity contribution in [3.8, 4) is 34.5 Å². The number of rotatable bonds is 18. The molecule has 18 nitrogen and oxygen atoms in total. The van der Waals surface area contributed by atoms with Gasteiger partial charge in [0.15, 0.2) is 11.6 Å². The Kier molecular flexibility index (Phi) is 12.2. The molecule has 2 aromatic carbocycles. The lowest BCUT2D eigenvalue weighted by atomic mass is 10.1. The standard InChI is InChI=1S/C47H55N13O5/c1-6-59-36(20-28(3)54-59)44-50-26-34-32-22-30(42(48)61)24-38(63-5)40(32)57(46(34)52-44)13-9-8-10-14-58-41-33(35-27-51-45(53-47(35)58)37-21-29(4)55-60(37)7-2)23-31(43(49)62)25-39(41)65-17-11-12-56-15-18-64-19-16-56/h20-27H,6-19H2,1-5H3,(H2,48,61)(H2,49,62). The number of carbonyl (C=O) groups is 2. The van der Waals surface area contributed by atoms with Crippen LogP contribution in [0.15, 0.2) is 48.8 Å². The number of unbranched alkanes of at least 4 members (excludes halogenated alkanes) is 2. The van der Waals surface area contributed by atoms with E-state index in [4.69, 9.17) is 45.6 Å². The molecule has 2 amide bonds. The number of fused-ring (bicyclic) bond motifs is 6. The minimum absolute atomic E-state index is 0.341. The van der Waals surface area contributed by atoms with Crippen LogP contribution < -0.4 is 20.9 Å². The third-order valence-electron chi connectivity index (χ3n) is 12.2. The normalized spacial score (nSPS) is 13.5. The number of methoxy groups -OCH3 is 1. The number of morpholine rings is 1. The number of carbonyl (C=O) groups excluding carboxylic acids is 2. The Balaban J connectivity index is 1.06. The smallest absolute Gasteiger partial charge is 0.248 e. The van der Waals surface area contributed by atoms with Gasteiger partial charge in [0.05, 0.1) is 49.4 Å². The third kappa shape index (κ3) is 8.34. The number of benzene rings is 2. The summed E-state index contributed by atoms with van der Waals surface area (Å²) in [5.74, 6) is 1.13. The summed E-state index contributed by atoms with van der Waals surface area (Å²) in [5.41, 5.74) is 18.9. The number of aryl methyl sites for hydroxylation is 6. The molecule has 0 radical (unpaired) electrons. The SMILES string of the molecule is CCn1nc(C)cc1-c1ncc2c3cc(C(N)=O)cc(OC)c3n(CCCCCn3c4nc(-c5cc(C)nn5CC)ncc4c4cc(C(N)=O)cc(OCCCN5CCOCC5)c43)c2n1. The van der Waals surface area contributed by atoms with Gasteiger partial charge in [-0.25, -0.2) is 19.9 Å². The Morgan fingerprint density at radius 1 is 0.662 bits per heavy atom. The van der Waals surface area contributed by atoms with Gasteiger partial charge < -0.3 is 34.8 Å². The first kappa shape index (κ1) is 43.3. The molecular formula is C47H55N13O5. The predicted molar refractivity (Wildman–Crippen MR) is 248 cm³/mol. The van der Waals surface area contributed by atoms with Crippen LogP contribution >= 0.6 is 0 Å². The molecule has 0 bridgehead atoms. The van der Waals surface area contributed by atoms with Crippen molar-refractivity contribution in [1.82, 2.24) is 53.5 Å². The monoisotopic (exact) mass is 881 g/mol. The maximum Gasteiger partial charge on any atom is 0.248 e. The topological polar surface area (TPSA) is 214 Å². The molecule has 1 saturated heterocycles. The number of hydrogen-bond acceptors (Lipinski definition) is 12. The van der Waals surface area contributed by atoms with Gasteiger partial charge in [0.2, 0.25) is 11.8 Å². The van der Waals surface area contributed by atoms with Crippen LogP contribution in [0.25, 0.3) is 66.9 Å². The second kappa shape index (κ2) is 18.3. The van der Waals surface area contributed by atoms with Gasteiger partial charge in [-0.1, -0.05) is 0 Å². The first-order valence-electron chi connectivity index (χ1n) is 22.4. The summed E-state index contributed by atoms with van der Waals surface area (Å²) in [6.07, 6.45) is 6.84. The predicted octanol–water partition coefficient (Wildman–Crippen LogP) is 6.04. The summed E-state index contributed by atoms with van der Waals surface area (Å²) >= 11 is 0. The van der Waals surface area contributed by atoms with Gasteiger partial charge in [-0.05, 0) is 89.8 Å². The summed E-state index contributed by atoms with van der Waals surface area (Å²) in [6.45, 7) is 15.1. The third-order valence-corrected chi connectivity index (χ3v) is 12.2. The number of aromatic nitrogens is 10. The zero-order valence-corrected chi connectivity index (χ0v) is 37.6. The lowest BCUT2D eigenvalue weighted by Crippen LogP contribution is -2.37. The van der Waals surface area contributed by atoms with E-state index in [0.717, 1.165) is 125 Å². The van der Waals surface area contributed by atoms with E-state index in [9.17, 15) is 9.59 Å². The van der Waals surface area contributed by atoms with E-state index in [2.05, 4.69) is 24.2 Å². The Labute approximate surface area is 375 Å². The highest BCUT2D eigenvalue weighted by Crippen LogP contribution is 2.39. The quantitative estimate of drug-likeness (QED) is 0.0944. The second-order valence-electron chi connectivity index (χ2n) is 16.5. The molecule has 7 heterocycles. The van der Waals surface area contributed by atoms with Gasteiger partial charge in [-0.15, -0.1) is 0 Å². The van der Waals surface area contributed by atoms with Gasteiger partial charge in [-0.3, -0.25) is 23.9 Å². The maximum absolute atomic E-state index is 12.8. The molecule has 1 aliphatic heterocycles. The number of hydrogen-bond donors (Lipinski definition) is 2. The summed E-state index contributed by atoms with van der Waals surface area (Å²) in [7, 11) is 1.59. The van der Waals surface area contributed by atoms with E-state index in [0.29, 0.717) is 67.1 Å². The minimum Gasteiger partial charge on any atom is -0.495 e. The second-order valence-corrected chi connectivity index (χ2v) is 16.5. The molecule has 4 N–H and O–H groups in total. The fourth-order valence-corrected chi connectivity index (χ4v) is 9.11. The average Bonchev–Trinajstić information content (AvgIpc) is 4.07. The Morgan fingerprint density at radius 3 is 1.66 bits per heavy atom. The van der Waals surface area contributed by atoms with Crippen molar-refractivity contribution in [1.29, 1.82) is 0 Å². The van der Waals surface area contributed by atoms with Crippen LogP contribution in [0.1, 0.15) is 71.6 Å². The molecule has 9 rings (SSSR count). The van der Waals surface area contributed by atoms with Crippen molar-refractivity contribution in [2.75, 3.05) is 46.6 Å². The summed E-state index contributed by atoms with van der Waals surface area (Å²) in [6, 6.07) is 11.0. The first-order valence-corrected chi connectivity index (χ1v) is 22.4. The van der Waals surface area contributed by atoms with Crippen molar-refractivity contribution in [3.05, 3.63) is 71.3 Å². The average molecular weight is 882 g/mol. The lowest BCUT2D eigenvalue weighted by Gasteiger charge is -2.26. The zero-order valence-electron chi connectivity index (χ0n) is 37.6. The molecule has 1 aliphatic rings. The molecule has 65 heavy (non-hydrogen) atoms. The van der Waals surface area contributed by atoms with Crippen molar-refractivity contribution >= 4 is 55.7 Å². The zero-order chi connectivity index (χ0) is 45.4. The van der Waals surface area contributed by atoms with Crippen molar-refractivity contribution in [2.45, 2.75) is 79.6 Å². The highest BCUT2D eigenvalue weighted by atomic mass is 16.5. The van der Waals surface area contributed by atoms with Crippen molar-refractivity contribution < 1.29 is 23.8 Å². The number of amides is 2. The maximum atomic E-state index is 12.8. The highest BCUT2D eigenvalue weighted by molar-refractivity contribution is 6.13. The molecule has 0 aliphatic carbocycles. The van der Waals surface area contributed by atoms with E-state index < -0.39 is 11.8 Å². The Bertz CT molecular complexity index is 3080. The van der Waals surface area contributed by atoms with Crippen molar-refractivity contribution in [3.63, 3.8) is 0 Å². The molecule has 0 unspecified atom stereocenters. The fourth-order valence-electron chi connectivity index (χ4n) is 9.11. The van der Waals surface area contributed by atoms with Crippen molar-refractivity contribution in [2.24, 2.45) is 11.5 Å². The molecule has 8 aromatic rings. The van der Waals surface area contributed by atoms with Crippen LogP contribution in [0.2, 0.25) is 0 Å².